The summed E-state index contributed by atoms with van der Waals surface area (Å²) >= 11 is 0. The van der Waals surface area contributed by atoms with Gasteiger partial charge in [0.1, 0.15) is 5.75 Å². The first-order chi connectivity index (χ1) is 10.1. The fourth-order valence-electron chi connectivity index (χ4n) is 3.77. The molecule has 0 spiro atoms. The summed E-state index contributed by atoms with van der Waals surface area (Å²) in [5, 5.41) is 10.8. The van der Waals surface area contributed by atoms with Crippen molar-refractivity contribution in [1.29, 1.82) is 0 Å². The van der Waals surface area contributed by atoms with Crippen LogP contribution in [0, 0.1) is 25.7 Å². The van der Waals surface area contributed by atoms with Gasteiger partial charge in [-0.2, -0.15) is 0 Å². The van der Waals surface area contributed by atoms with Gasteiger partial charge in [0, 0.05) is 5.56 Å². The van der Waals surface area contributed by atoms with Gasteiger partial charge < -0.3 is 9.84 Å². The predicted molar refractivity (Wildman–Crippen MR) is 87.8 cm³/mol. The SMILES string of the molecule is CCCC1CCC(C(O)c2ccc(C)c(C)c2OC)CC1. The molecule has 0 amide bonds. The normalized spacial score (nSPS) is 23.9. The van der Waals surface area contributed by atoms with Crippen LogP contribution in [0.4, 0.5) is 0 Å². The first-order valence-electron chi connectivity index (χ1n) is 8.40. The van der Waals surface area contributed by atoms with E-state index in [1.807, 2.05) is 6.07 Å². The number of methoxy groups -OCH3 is 1. The van der Waals surface area contributed by atoms with E-state index in [1.54, 1.807) is 7.11 Å². The monoisotopic (exact) mass is 290 g/mol. The molecule has 0 radical (unpaired) electrons. The van der Waals surface area contributed by atoms with E-state index in [0.717, 1.165) is 35.6 Å². The van der Waals surface area contributed by atoms with E-state index in [9.17, 15) is 5.11 Å². The van der Waals surface area contributed by atoms with Crippen LogP contribution in [0.15, 0.2) is 12.1 Å². The summed E-state index contributed by atoms with van der Waals surface area (Å²) in [7, 11) is 1.70. The second-order valence-corrected chi connectivity index (χ2v) is 6.64. The van der Waals surface area contributed by atoms with Crippen LogP contribution in [-0.2, 0) is 0 Å². The standard InChI is InChI=1S/C19H30O2/c1-5-6-15-8-10-16(11-9-15)18(20)17-12-7-13(2)14(3)19(17)21-4/h7,12,15-16,18,20H,5-6,8-11H2,1-4H3. The highest BCUT2D eigenvalue weighted by atomic mass is 16.5. The average molecular weight is 290 g/mol. The Hall–Kier alpha value is -1.02. The lowest BCUT2D eigenvalue weighted by molar-refractivity contribution is 0.0701. The Morgan fingerprint density at radius 3 is 2.43 bits per heavy atom. The smallest absolute Gasteiger partial charge is 0.127 e. The van der Waals surface area contributed by atoms with Crippen LogP contribution in [0.3, 0.4) is 0 Å². The third-order valence-electron chi connectivity index (χ3n) is 5.26. The van der Waals surface area contributed by atoms with Crippen molar-refractivity contribution in [2.24, 2.45) is 11.8 Å². The van der Waals surface area contributed by atoms with Crippen LogP contribution >= 0.6 is 0 Å². The van der Waals surface area contributed by atoms with Crippen LogP contribution in [0.25, 0.3) is 0 Å². The zero-order valence-electron chi connectivity index (χ0n) is 14.0. The van der Waals surface area contributed by atoms with Gasteiger partial charge in [-0.3, -0.25) is 0 Å². The van der Waals surface area contributed by atoms with E-state index >= 15 is 0 Å². The van der Waals surface area contributed by atoms with E-state index in [-0.39, 0.29) is 6.10 Å². The van der Waals surface area contributed by atoms with Crippen molar-refractivity contribution in [1.82, 2.24) is 0 Å². The molecule has 0 heterocycles. The van der Waals surface area contributed by atoms with E-state index in [2.05, 4.69) is 26.8 Å². The molecule has 0 aromatic heterocycles. The minimum Gasteiger partial charge on any atom is -0.496 e. The first-order valence-corrected chi connectivity index (χ1v) is 8.40. The molecule has 21 heavy (non-hydrogen) atoms. The maximum atomic E-state index is 10.8. The van der Waals surface area contributed by atoms with Gasteiger partial charge in [0.2, 0.25) is 0 Å². The lowest BCUT2D eigenvalue weighted by atomic mass is 9.76. The molecular formula is C19H30O2. The second kappa shape index (κ2) is 7.31. The molecule has 0 saturated heterocycles. The molecular weight excluding hydrogens is 260 g/mol. The van der Waals surface area contributed by atoms with E-state index in [1.165, 1.54) is 31.2 Å². The van der Waals surface area contributed by atoms with Gasteiger partial charge in [-0.15, -0.1) is 0 Å². The van der Waals surface area contributed by atoms with E-state index in [4.69, 9.17) is 4.74 Å². The number of hydrogen-bond donors (Lipinski definition) is 1. The van der Waals surface area contributed by atoms with Crippen molar-refractivity contribution in [3.63, 3.8) is 0 Å². The van der Waals surface area contributed by atoms with Gasteiger partial charge in [0.25, 0.3) is 0 Å². The average Bonchev–Trinajstić information content (AvgIpc) is 2.50. The van der Waals surface area contributed by atoms with Gasteiger partial charge in [0.15, 0.2) is 0 Å². The van der Waals surface area contributed by atoms with Crippen molar-refractivity contribution in [3.05, 3.63) is 28.8 Å². The maximum Gasteiger partial charge on any atom is 0.127 e. The zero-order valence-corrected chi connectivity index (χ0v) is 14.0. The molecule has 0 bridgehead atoms. The van der Waals surface area contributed by atoms with Crippen LogP contribution in [0.5, 0.6) is 5.75 Å². The minimum absolute atomic E-state index is 0.383. The molecule has 1 aliphatic carbocycles. The molecule has 2 nitrogen and oxygen atoms in total. The van der Waals surface area contributed by atoms with Crippen LogP contribution in [0.2, 0.25) is 0 Å². The number of ether oxygens (including phenoxy) is 1. The predicted octanol–water partition coefficient (Wildman–Crippen LogP) is 4.95. The Morgan fingerprint density at radius 1 is 1.19 bits per heavy atom. The molecule has 1 atom stereocenters. The van der Waals surface area contributed by atoms with Crippen LogP contribution < -0.4 is 4.74 Å². The Kier molecular flexibility index (Phi) is 5.69. The van der Waals surface area contributed by atoms with Crippen molar-refractivity contribution >= 4 is 0 Å². The lowest BCUT2D eigenvalue weighted by Gasteiger charge is -2.32. The fraction of sp³-hybridized carbons (Fsp3) is 0.684. The topological polar surface area (TPSA) is 29.5 Å². The highest BCUT2D eigenvalue weighted by Crippen LogP contribution is 2.41. The second-order valence-electron chi connectivity index (χ2n) is 6.64. The Labute approximate surface area is 129 Å². The van der Waals surface area contributed by atoms with Crippen molar-refractivity contribution in [3.8, 4) is 5.75 Å². The summed E-state index contributed by atoms with van der Waals surface area (Å²) < 4.78 is 5.57. The Balaban J connectivity index is 2.11. The highest BCUT2D eigenvalue weighted by molar-refractivity contribution is 5.46. The summed E-state index contributed by atoms with van der Waals surface area (Å²) in [5.74, 6) is 2.13. The summed E-state index contributed by atoms with van der Waals surface area (Å²) in [6.07, 6.45) is 7.05. The molecule has 0 aliphatic heterocycles. The molecule has 1 N–H and O–H groups in total. The molecule has 2 heteroatoms. The molecule has 1 aromatic carbocycles. The number of aryl methyl sites for hydroxylation is 1. The summed E-state index contributed by atoms with van der Waals surface area (Å²) in [6.45, 7) is 6.42. The number of aliphatic hydroxyl groups is 1. The van der Waals surface area contributed by atoms with Crippen molar-refractivity contribution in [2.45, 2.75) is 65.4 Å². The largest absolute Gasteiger partial charge is 0.496 e. The number of hydrogen-bond acceptors (Lipinski definition) is 2. The molecule has 1 saturated carbocycles. The highest BCUT2D eigenvalue weighted by Gasteiger charge is 2.29. The Bertz CT molecular complexity index is 459. The van der Waals surface area contributed by atoms with Gasteiger partial charge in [0.05, 0.1) is 13.2 Å². The van der Waals surface area contributed by atoms with Crippen molar-refractivity contribution < 1.29 is 9.84 Å². The molecule has 1 aliphatic rings. The summed E-state index contributed by atoms with van der Waals surface area (Å²) in [5.41, 5.74) is 3.34. The molecule has 1 fully saturated rings. The van der Waals surface area contributed by atoms with Crippen LogP contribution in [-0.4, -0.2) is 12.2 Å². The van der Waals surface area contributed by atoms with Gasteiger partial charge in [-0.1, -0.05) is 44.7 Å². The first kappa shape index (κ1) is 16.4. The van der Waals surface area contributed by atoms with Gasteiger partial charge in [-0.05, 0) is 49.7 Å². The summed E-state index contributed by atoms with van der Waals surface area (Å²) in [4.78, 5) is 0. The number of rotatable bonds is 5. The molecule has 118 valence electrons. The third kappa shape index (κ3) is 3.60. The van der Waals surface area contributed by atoms with Gasteiger partial charge in [-0.25, -0.2) is 0 Å². The quantitative estimate of drug-likeness (QED) is 0.831. The third-order valence-corrected chi connectivity index (χ3v) is 5.26. The molecule has 2 rings (SSSR count). The van der Waals surface area contributed by atoms with E-state index < -0.39 is 0 Å². The van der Waals surface area contributed by atoms with Crippen LogP contribution in [0.1, 0.15) is 68.2 Å². The number of benzene rings is 1. The molecule has 1 unspecified atom stereocenters. The minimum atomic E-state index is -0.387. The van der Waals surface area contributed by atoms with Crippen molar-refractivity contribution in [2.75, 3.05) is 7.11 Å². The summed E-state index contributed by atoms with van der Waals surface area (Å²) in [6, 6.07) is 4.14. The maximum absolute atomic E-state index is 10.8. The molecule has 1 aromatic rings. The lowest BCUT2D eigenvalue weighted by Crippen LogP contribution is -2.21. The van der Waals surface area contributed by atoms with Gasteiger partial charge >= 0.3 is 0 Å². The zero-order chi connectivity index (χ0) is 15.4. The Morgan fingerprint density at radius 2 is 1.86 bits per heavy atom. The fourth-order valence-corrected chi connectivity index (χ4v) is 3.77. The van der Waals surface area contributed by atoms with E-state index in [0.29, 0.717) is 5.92 Å². The number of aliphatic hydroxyl groups excluding tert-OH is 1.